The first-order valence-corrected chi connectivity index (χ1v) is 6.86. The maximum absolute atomic E-state index is 11.8. The van der Waals surface area contributed by atoms with Gasteiger partial charge in [0.15, 0.2) is 6.61 Å². The van der Waals surface area contributed by atoms with Crippen LogP contribution < -0.4 is 10.1 Å². The lowest BCUT2D eigenvalue weighted by atomic mass is 9.90. The van der Waals surface area contributed by atoms with E-state index < -0.39 is 24.0 Å². The van der Waals surface area contributed by atoms with E-state index in [4.69, 9.17) is 14.7 Å². The van der Waals surface area contributed by atoms with Crippen molar-refractivity contribution in [3.05, 3.63) is 29.8 Å². The van der Waals surface area contributed by atoms with Crippen molar-refractivity contribution in [3.63, 3.8) is 0 Å². The van der Waals surface area contributed by atoms with E-state index in [1.165, 1.54) is 7.11 Å². The van der Waals surface area contributed by atoms with E-state index in [2.05, 4.69) is 11.4 Å². The van der Waals surface area contributed by atoms with Gasteiger partial charge in [-0.3, -0.25) is 4.79 Å². The molecule has 0 aliphatic rings. The van der Waals surface area contributed by atoms with Crippen LogP contribution in [-0.2, 0) is 9.53 Å². The Morgan fingerprint density at radius 2 is 1.91 bits per heavy atom. The number of carbonyl (C=O) groups is 2. The fraction of sp³-hybridized carbons (Fsp3) is 0.438. The Labute approximate surface area is 130 Å². The van der Waals surface area contributed by atoms with Gasteiger partial charge in [0.05, 0.1) is 18.7 Å². The van der Waals surface area contributed by atoms with Crippen LogP contribution in [0.2, 0.25) is 0 Å². The van der Waals surface area contributed by atoms with Gasteiger partial charge in [0.1, 0.15) is 11.3 Å². The molecule has 0 aromatic heterocycles. The van der Waals surface area contributed by atoms with Crippen LogP contribution in [0.15, 0.2) is 24.3 Å². The number of hydrogen-bond donors (Lipinski definition) is 1. The molecule has 6 heteroatoms. The zero-order chi connectivity index (χ0) is 16.8. The van der Waals surface area contributed by atoms with Gasteiger partial charge in [-0.25, -0.2) is 4.79 Å². The topological polar surface area (TPSA) is 88.4 Å². The second-order valence-corrected chi connectivity index (χ2v) is 5.32. The van der Waals surface area contributed by atoms with Crippen LogP contribution in [0.4, 0.5) is 0 Å². The van der Waals surface area contributed by atoms with Gasteiger partial charge in [0.25, 0.3) is 5.91 Å². The third kappa shape index (κ3) is 4.48. The molecule has 0 aliphatic carbocycles. The summed E-state index contributed by atoms with van der Waals surface area (Å²) in [4.78, 5) is 23.6. The van der Waals surface area contributed by atoms with Crippen LogP contribution in [-0.4, -0.2) is 31.1 Å². The van der Waals surface area contributed by atoms with E-state index >= 15 is 0 Å². The largest absolute Gasteiger partial charge is 0.497 e. The second kappa shape index (κ2) is 7.46. The molecule has 0 saturated carbocycles. The molecule has 0 unspecified atom stereocenters. The number of benzene rings is 1. The number of amides is 1. The predicted octanol–water partition coefficient (Wildman–Crippen LogP) is 1.91. The Bertz CT molecular complexity index is 575. The van der Waals surface area contributed by atoms with E-state index in [1.807, 2.05) is 13.8 Å². The molecule has 1 atom stereocenters. The van der Waals surface area contributed by atoms with E-state index in [9.17, 15) is 9.59 Å². The van der Waals surface area contributed by atoms with E-state index in [0.717, 1.165) is 0 Å². The zero-order valence-electron chi connectivity index (χ0n) is 13.2. The minimum atomic E-state index is -0.996. The molecule has 1 aromatic carbocycles. The molecule has 0 spiro atoms. The molecule has 0 fully saturated rings. The molecule has 1 N–H and O–H groups in total. The number of nitriles is 1. The molecular weight excluding hydrogens is 284 g/mol. The number of carbonyl (C=O) groups excluding carboxylic acids is 2. The second-order valence-electron chi connectivity index (χ2n) is 5.32. The van der Waals surface area contributed by atoms with Crippen molar-refractivity contribution in [1.82, 2.24) is 5.32 Å². The highest BCUT2D eigenvalue weighted by Gasteiger charge is 2.30. The maximum atomic E-state index is 11.8. The fourth-order valence-corrected chi connectivity index (χ4v) is 1.57. The third-order valence-electron chi connectivity index (χ3n) is 3.45. The van der Waals surface area contributed by atoms with Gasteiger partial charge < -0.3 is 14.8 Å². The van der Waals surface area contributed by atoms with Gasteiger partial charge in [-0.05, 0) is 37.1 Å². The summed E-state index contributed by atoms with van der Waals surface area (Å²) in [7, 11) is 1.53. The lowest BCUT2D eigenvalue weighted by molar-refractivity contribution is -0.125. The van der Waals surface area contributed by atoms with Crippen LogP contribution in [0.5, 0.6) is 5.75 Å². The molecule has 6 nitrogen and oxygen atoms in total. The summed E-state index contributed by atoms with van der Waals surface area (Å²) in [5.41, 5.74) is -0.677. The molecule has 0 heterocycles. The molecule has 0 radical (unpaired) electrons. The number of hydrogen-bond acceptors (Lipinski definition) is 5. The number of nitrogens with zero attached hydrogens (tertiary/aromatic N) is 1. The number of esters is 1. The Morgan fingerprint density at radius 1 is 1.32 bits per heavy atom. The molecule has 0 bridgehead atoms. The van der Waals surface area contributed by atoms with E-state index in [1.54, 1.807) is 31.2 Å². The number of nitrogens with one attached hydrogen (secondary N) is 1. The first kappa shape index (κ1) is 17.5. The van der Waals surface area contributed by atoms with Crippen molar-refractivity contribution in [3.8, 4) is 11.8 Å². The van der Waals surface area contributed by atoms with Crippen molar-refractivity contribution in [1.29, 1.82) is 5.26 Å². The molecule has 118 valence electrons. The molecule has 1 amide bonds. The van der Waals surface area contributed by atoms with Crippen molar-refractivity contribution in [2.45, 2.75) is 26.3 Å². The maximum Gasteiger partial charge on any atom is 0.338 e. The Kier molecular flexibility index (Phi) is 5.93. The molecular formula is C16H20N2O4. The van der Waals surface area contributed by atoms with Crippen LogP contribution in [0, 0.1) is 17.2 Å². The lowest BCUT2D eigenvalue weighted by Gasteiger charge is -2.27. The highest BCUT2D eigenvalue weighted by Crippen LogP contribution is 2.15. The zero-order valence-corrected chi connectivity index (χ0v) is 13.2. The molecule has 0 saturated heterocycles. The highest BCUT2D eigenvalue weighted by molar-refractivity contribution is 5.91. The summed E-state index contributed by atoms with van der Waals surface area (Å²) in [6.45, 7) is 4.84. The van der Waals surface area contributed by atoms with Gasteiger partial charge in [-0.2, -0.15) is 5.26 Å². The van der Waals surface area contributed by atoms with Crippen molar-refractivity contribution < 1.29 is 19.1 Å². The summed E-state index contributed by atoms with van der Waals surface area (Å²) in [6.07, 6.45) is 0. The van der Waals surface area contributed by atoms with Crippen LogP contribution >= 0.6 is 0 Å². The molecule has 1 rings (SSSR count). The van der Waals surface area contributed by atoms with Crippen molar-refractivity contribution >= 4 is 11.9 Å². The summed E-state index contributed by atoms with van der Waals surface area (Å²) in [5, 5.41) is 11.7. The standard InChI is InChI=1S/C16H20N2O4/c1-11(2)16(3,10-17)18-14(19)9-22-15(20)12-5-7-13(21-4)8-6-12/h5-8,11H,9H2,1-4H3,(H,18,19)/t16-/m0/s1. The lowest BCUT2D eigenvalue weighted by Crippen LogP contribution is -2.50. The average Bonchev–Trinajstić information content (AvgIpc) is 2.52. The Morgan fingerprint density at radius 3 is 2.36 bits per heavy atom. The molecule has 1 aromatic rings. The molecule has 0 aliphatic heterocycles. The first-order valence-electron chi connectivity index (χ1n) is 6.86. The van der Waals surface area contributed by atoms with Crippen LogP contribution in [0.1, 0.15) is 31.1 Å². The van der Waals surface area contributed by atoms with Crippen molar-refractivity contribution in [2.75, 3.05) is 13.7 Å². The monoisotopic (exact) mass is 304 g/mol. The fourth-order valence-electron chi connectivity index (χ4n) is 1.57. The van der Waals surface area contributed by atoms with Crippen LogP contribution in [0.25, 0.3) is 0 Å². The Balaban J connectivity index is 2.56. The van der Waals surface area contributed by atoms with Gasteiger partial charge >= 0.3 is 5.97 Å². The number of ether oxygens (including phenoxy) is 2. The smallest absolute Gasteiger partial charge is 0.338 e. The average molecular weight is 304 g/mol. The first-order chi connectivity index (χ1) is 10.3. The highest BCUT2D eigenvalue weighted by atomic mass is 16.5. The normalized spacial score (nSPS) is 12.9. The van der Waals surface area contributed by atoms with Gasteiger partial charge in [0, 0.05) is 0 Å². The molecule has 22 heavy (non-hydrogen) atoms. The summed E-state index contributed by atoms with van der Waals surface area (Å²) in [5.74, 6) is -0.574. The summed E-state index contributed by atoms with van der Waals surface area (Å²) >= 11 is 0. The Hall–Kier alpha value is -2.55. The SMILES string of the molecule is COc1ccc(C(=O)OCC(=O)N[C@@](C)(C#N)C(C)C)cc1. The number of rotatable bonds is 6. The van der Waals surface area contributed by atoms with E-state index in [0.29, 0.717) is 11.3 Å². The van der Waals surface area contributed by atoms with Gasteiger partial charge in [-0.15, -0.1) is 0 Å². The number of methoxy groups -OCH3 is 1. The van der Waals surface area contributed by atoms with Crippen molar-refractivity contribution in [2.24, 2.45) is 5.92 Å². The minimum absolute atomic E-state index is 0.0706. The van der Waals surface area contributed by atoms with Crippen LogP contribution in [0.3, 0.4) is 0 Å². The quantitative estimate of drug-likeness (QED) is 0.811. The van der Waals surface area contributed by atoms with E-state index in [-0.39, 0.29) is 5.92 Å². The predicted molar refractivity (Wildman–Crippen MR) is 80.3 cm³/mol. The van der Waals surface area contributed by atoms with Gasteiger partial charge in [0.2, 0.25) is 0 Å². The van der Waals surface area contributed by atoms with Gasteiger partial charge in [-0.1, -0.05) is 13.8 Å². The summed E-state index contributed by atoms with van der Waals surface area (Å²) < 4.78 is 9.92. The third-order valence-corrected chi connectivity index (χ3v) is 3.45. The minimum Gasteiger partial charge on any atom is -0.497 e. The summed E-state index contributed by atoms with van der Waals surface area (Å²) in [6, 6.07) is 8.41.